The third-order valence-electron chi connectivity index (χ3n) is 6.12. The van der Waals surface area contributed by atoms with Crippen molar-refractivity contribution in [3.8, 4) is 0 Å². The van der Waals surface area contributed by atoms with E-state index in [0.717, 1.165) is 18.4 Å². The van der Waals surface area contributed by atoms with Gasteiger partial charge in [0.1, 0.15) is 11.5 Å². The lowest BCUT2D eigenvalue weighted by Gasteiger charge is -2.29. The van der Waals surface area contributed by atoms with E-state index in [4.69, 9.17) is 4.74 Å². The van der Waals surface area contributed by atoms with Crippen LogP contribution in [0.25, 0.3) is 0 Å². The predicted octanol–water partition coefficient (Wildman–Crippen LogP) is 4.45. The van der Waals surface area contributed by atoms with E-state index in [2.05, 4.69) is 0 Å². The number of ketones is 1. The summed E-state index contributed by atoms with van der Waals surface area (Å²) in [5.74, 6) is -1.15. The summed E-state index contributed by atoms with van der Waals surface area (Å²) in [4.78, 5) is 40.9. The number of esters is 1. The molecule has 1 aliphatic carbocycles. The SMILES string of the molecule is CCOC(=O)c1c(C)c(C(=O)[C@H](C)N(Cc2ccc(F)cc2)C(=O)C2CC2)c(C)n1CC. The highest BCUT2D eigenvalue weighted by Crippen LogP contribution is 2.33. The summed E-state index contributed by atoms with van der Waals surface area (Å²) in [6, 6.07) is 5.23. The number of Topliss-reactive ketones (excluding diaryl/α,β-unsaturated/α-hetero) is 1. The minimum absolute atomic E-state index is 0.0639. The molecule has 1 aromatic heterocycles. The molecular weight excluding hydrogens is 411 g/mol. The van der Waals surface area contributed by atoms with E-state index in [9.17, 15) is 18.8 Å². The van der Waals surface area contributed by atoms with Gasteiger partial charge in [-0.1, -0.05) is 12.1 Å². The maximum atomic E-state index is 13.7. The van der Waals surface area contributed by atoms with Gasteiger partial charge in [-0.3, -0.25) is 9.59 Å². The normalized spacial score (nSPS) is 14.2. The Hall–Kier alpha value is -2.96. The highest BCUT2D eigenvalue weighted by Gasteiger charge is 2.38. The van der Waals surface area contributed by atoms with Crippen LogP contribution in [-0.2, 0) is 22.6 Å². The quantitative estimate of drug-likeness (QED) is 0.425. The zero-order valence-electron chi connectivity index (χ0n) is 19.4. The summed E-state index contributed by atoms with van der Waals surface area (Å²) in [6.07, 6.45) is 1.63. The Morgan fingerprint density at radius 2 is 1.78 bits per heavy atom. The van der Waals surface area contributed by atoms with Gasteiger partial charge in [-0.25, -0.2) is 9.18 Å². The molecule has 1 atom stereocenters. The number of rotatable bonds is 9. The van der Waals surface area contributed by atoms with Gasteiger partial charge in [0.25, 0.3) is 0 Å². The van der Waals surface area contributed by atoms with E-state index >= 15 is 0 Å². The number of carbonyl (C=O) groups excluding carboxylic acids is 3. The number of carbonyl (C=O) groups is 3. The second-order valence-corrected chi connectivity index (χ2v) is 8.31. The van der Waals surface area contributed by atoms with Crippen molar-refractivity contribution >= 4 is 17.7 Å². The molecule has 0 radical (unpaired) electrons. The highest BCUT2D eigenvalue weighted by atomic mass is 19.1. The van der Waals surface area contributed by atoms with E-state index in [-0.39, 0.29) is 36.6 Å². The Kier molecular flexibility index (Phi) is 7.16. The molecule has 1 fully saturated rings. The number of aromatic nitrogens is 1. The van der Waals surface area contributed by atoms with Gasteiger partial charge in [-0.2, -0.15) is 0 Å². The smallest absolute Gasteiger partial charge is 0.355 e. The van der Waals surface area contributed by atoms with Crippen LogP contribution < -0.4 is 0 Å². The predicted molar refractivity (Wildman–Crippen MR) is 119 cm³/mol. The zero-order chi connectivity index (χ0) is 23.6. The number of halogens is 1. The fraction of sp³-hybridized carbons (Fsp3) is 0.480. The fourth-order valence-corrected chi connectivity index (χ4v) is 4.22. The first-order valence-electron chi connectivity index (χ1n) is 11.2. The molecule has 7 heteroatoms. The number of benzene rings is 1. The summed E-state index contributed by atoms with van der Waals surface area (Å²) in [6.45, 7) is 9.91. The average Bonchev–Trinajstić information content (AvgIpc) is 3.57. The van der Waals surface area contributed by atoms with Gasteiger partial charge in [0, 0.05) is 30.3 Å². The lowest BCUT2D eigenvalue weighted by atomic mass is 9.99. The third-order valence-corrected chi connectivity index (χ3v) is 6.12. The molecule has 3 rings (SSSR count). The molecule has 0 N–H and O–H groups in total. The molecule has 0 bridgehead atoms. The number of hydrogen-bond donors (Lipinski definition) is 0. The van der Waals surface area contributed by atoms with Crippen molar-refractivity contribution in [1.82, 2.24) is 9.47 Å². The van der Waals surface area contributed by atoms with E-state index in [0.29, 0.717) is 29.1 Å². The molecule has 6 nitrogen and oxygen atoms in total. The van der Waals surface area contributed by atoms with Gasteiger partial charge in [0.05, 0.1) is 12.6 Å². The second kappa shape index (κ2) is 9.67. The summed E-state index contributed by atoms with van der Waals surface area (Å²) in [5.41, 5.74) is 2.84. The Bertz CT molecular complexity index is 1020. The average molecular weight is 443 g/mol. The topological polar surface area (TPSA) is 68.6 Å². The first-order chi connectivity index (χ1) is 15.2. The molecule has 1 aromatic carbocycles. The second-order valence-electron chi connectivity index (χ2n) is 8.31. The molecule has 2 aromatic rings. The first-order valence-corrected chi connectivity index (χ1v) is 11.2. The molecule has 32 heavy (non-hydrogen) atoms. The van der Waals surface area contributed by atoms with Gasteiger partial charge >= 0.3 is 5.97 Å². The molecule has 0 unspecified atom stereocenters. The van der Waals surface area contributed by atoms with Crippen LogP contribution in [-0.4, -0.2) is 39.8 Å². The Balaban J connectivity index is 1.97. The lowest BCUT2D eigenvalue weighted by molar-refractivity contribution is -0.134. The van der Waals surface area contributed by atoms with Gasteiger partial charge in [-0.05, 0) is 70.7 Å². The maximum absolute atomic E-state index is 13.7. The minimum atomic E-state index is -0.728. The fourth-order valence-electron chi connectivity index (χ4n) is 4.22. The molecular formula is C25H31FN2O4. The van der Waals surface area contributed by atoms with Crippen molar-refractivity contribution in [3.63, 3.8) is 0 Å². The van der Waals surface area contributed by atoms with Crippen molar-refractivity contribution in [2.45, 2.75) is 66.6 Å². The van der Waals surface area contributed by atoms with E-state index < -0.39 is 12.0 Å². The number of ether oxygens (including phenoxy) is 1. The largest absolute Gasteiger partial charge is 0.461 e. The van der Waals surface area contributed by atoms with Crippen LogP contribution in [0.1, 0.15) is 71.3 Å². The van der Waals surface area contributed by atoms with E-state index in [1.807, 2.05) is 13.8 Å². The molecule has 1 amide bonds. The highest BCUT2D eigenvalue weighted by molar-refractivity contribution is 6.06. The maximum Gasteiger partial charge on any atom is 0.355 e. The van der Waals surface area contributed by atoms with Crippen LogP contribution in [0.3, 0.4) is 0 Å². The molecule has 0 spiro atoms. The molecule has 0 saturated heterocycles. The van der Waals surface area contributed by atoms with Crippen molar-refractivity contribution in [3.05, 3.63) is 58.2 Å². The zero-order valence-corrected chi connectivity index (χ0v) is 19.4. The summed E-state index contributed by atoms with van der Waals surface area (Å²) in [7, 11) is 0. The van der Waals surface area contributed by atoms with Crippen LogP contribution in [0.5, 0.6) is 0 Å². The van der Waals surface area contributed by atoms with Crippen molar-refractivity contribution in [2.24, 2.45) is 5.92 Å². The molecule has 0 aliphatic heterocycles. The van der Waals surface area contributed by atoms with Gasteiger partial charge in [0.15, 0.2) is 5.78 Å². The summed E-state index contributed by atoms with van der Waals surface area (Å²) >= 11 is 0. The van der Waals surface area contributed by atoms with Gasteiger partial charge in [0.2, 0.25) is 5.91 Å². The van der Waals surface area contributed by atoms with Crippen molar-refractivity contribution in [2.75, 3.05) is 6.61 Å². The first kappa shape index (κ1) is 23.7. The number of amides is 1. The Morgan fingerprint density at radius 1 is 1.16 bits per heavy atom. The standard InChI is InChI=1S/C25H31FN2O4/c1-6-27-16(4)21(15(3)22(27)25(31)32-7-2)23(29)17(5)28(24(30)19-10-11-19)14-18-8-12-20(26)13-9-18/h8-9,12-13,17,19H,6-7,10-11,14H2,1-5H3/t17-/m0/s1. The molecule has 172 valence electrons. The Labute approximate surface area is 188 Å². The van der Waals surface area contributed by atoms with E-state index in [1.165, 1.54) is 12.1 Å². The van der Waals surface area contributed by atoms with Crippen molar-refractivity contribution in [1.29, 1.82) is 0 Å². The van der Waals surface area contributed by atoms with Crippen LogP contribution in [0, 0.1) is 25.6 Å². The van der Waals surface area contributed by atoms with Gasteiger partial charge < -0.3 is 14.2 Å². The lowest BCUT2D eigenvalue weighted by Crippen LogP contribution is -2.43. The summed E-state index contributed by atoms with van der Waals surface area (Å²) < 4.78 is 20.3. The van der Waals surface area contributed by atoms with Crippen LogP contribution >= 0.6 is 0 Å². The minimum Gasteiger partial charge on any atom is -0.461 e. The summed E-state index contributed by atoms with van der Waals surface area (Å²) in [5, 5.41) is 0. The molecule has 1 saturated carbocycles. The monoisotopic (exact) mass is 442 g/mol. The van der Waals surface area contributed by atoms with E-state index in [1.54, 1.807) is 42.4 Å². The molecule has 1 aliphatic rings. The number of nitrogens with zero attached hydrogens (tertiary/aromatic N) is 2. The number of hydrogen-bond acceptors (Lipinski definition) is 4. The van der Waals surface area contributed by atoms with Crippen LogP contribution in [0.4, 0.5) is 4.39 Å². The van der Waals surface area contributed by atoms with Crippen molar-refractivity contribution < 1.29 is 23.5 Å². The van der Waals surface area contributed by atoms with Crippen LogP contribution in [0.2, 0.25) is 0 Å². The Morgan fingerprint density at radius 3 is 2.31 bits per heavy atom. The van der Waals surface area contributed by atoms with Gasteiger partial charge in [-0.15, -0.1) is 0 Å². The molecule has 1 heterocycles. The third kappa shape index (κ3) is 4.61. The van der Waals surface area contributed by atoms with Crippen LogP contribution in [0.15, 0.2) is 24.3 Å².